The normalized spacial score (nSPS) is 13.6. The number of amides is 1. The smallest absolute Gasteiger partial charge is 0.243 e. The molecule has 0 aliphatic carbocycles. The van der Waals surface area contributed by atoms with Gasteiger partial charge in [-0.25, -0.2) is 12.8 Å². The molecule has 0 aromatic heterocycles. The number of sulfonamides is 1. The Kier molecular flexibility index (Phi) is 10.8. The zero-order valence-corrected chi connectivity index (χ0v) is 23.3. The van der Waals surface area contributed by atoms with Gasteiger partial charge in [-0.1, -0.05) is 62.7 Å². The summed E-state index contributed by atoms with van der Waals surface area (Å²) in [5.74, 6) is -0.948. The number of nitrogen functional groups attached to an aromatic ring is 1. The second-order valence-electron chi connectivity index (χ2n) is 10.2. The van der Waals surface area contributed by atoms with Crippen LogP contribution in [0, 0.1) is 11.7 Å². The van der Waals surface area contributed by atoms with Crippen LogP contribution in [0.15, 0.2) is 65.6 Å². The molecule has 3 aromatic carbocycles. The fourth-order valence-corrected chi connectivity index (χ4v) is 6.44. The number of fused-ring (bicyclic) bond motifs is 1. The summed E-state index contributed by atoms with van der Waals surface area (Å²) in [5, 5.41) is 15.1. The van der Waals surface area contributed by atoms with Gasteiger partial charge in [-0.05, 0) is 59.7 Å². The summed E-state index contributed by atoms with van der Waals surface area (Å²) in [4.78, 5) is 12.5. The molecule has 0 heterocycles. The summed E-state index contributed by atoms with van der Waals surface area (Å²) >= 11 is 0. The minimum absolute atomic E-state index is 0.00543. The van der Waals surface area contributed by atoms with Crippen LogP contribution in [-0.4, -0.2) is 55.5 Å². The number of benzene rings is 3. The molecule has 2 atom stereocenters. The van der Waals surface area contributed by atoms with E-state index in [4.69, 9.17) is 11.5 Å². The van der Waals surface area contributed by atoms with Gasteiger partial charge in [0.1, 0.15) is 5.82 Å². The van der Waals surface area contributed by atoms with Gasteiger partial charge >= 0.3 is 0 Å². The molecule has 3 aromatic rings. The number of anilines is 1. The molecule has 0 saturated carbocycles. The first kappa shape index (κ1) is 30.5. The van der Waals surface area contributed by atoms with E-state index in [2.05, 4.69) is 5.32 Å². The molecule has 10 heteroatoms. The van der Waals surface area contributed by atoms with Crippen LogP contribution in [0.1, 0.15) is 38.7 Å². The van der Waals surface area contributed by atoms with Crippen LogP contribution in [0.25, 0.3) is 10.8 Å². The van der Waals surface area contributed by atoms with Gasteiger partial charge in [0.15, 0.2) is 0 Å². The van der Waals surface area contributed by atoms with E-state index in [0.29, 0.717) is 32.2 Å². The van der Waals surface area contributed by atoms with Crippen LogP contribution in [0.5, 0.6) is 0 Å². The van der Waals surface area contributed by atoms with Crippen LogP contribution in [0.2, 0.25) is 0 Å². The maximum absolute atomic E-state index is 13.6. The summed E-state index contributed by atoms with van der Waals surface area (Å²) in [7, 11) is -4.02. The summed E-state index contributed by atoms with van der Waals surface area (Å²) in [5.41, 5.74) is 12.5. The lowest BCUT2D eigenvalue weighted by Gasteiger charge is -2.31. The highest BCUT2D eigenvalue weighted by Gasteiger charge is 2.32. The number of hydrogen-bond donors (Lipinski definition) is 4. The minimum Gasteiger partial charge on any atom is -0.396 e. The quantitative estimate of drug-likeness (QED) is 0.177. The van der Waals surface area contributed by atoms with E-state index in [1.807, 2.05) is 56.3 Å². The third-order valence-electron chi connectivity index (χ3n) is 6.66. The summed E-state index contributed by atoms with van der Waals surface area (Å²) < 4.78 is 41.7. The van der Waals surface area contributed by atoms with Crippen LogP contribution in [-0.2, 0) is 21.2 Å². The summed E-state index contributed by atoms with van der Waals surface area (Å²) in [6, 6.07) is 15.8. The average Bonchev–Trinajstić information content (AvgIpc) is 2.91. The van der Waals surface area contributed by atoms with E-state index in [-0.39, 0.29) is 35.6 Å². The molecule has 8 nitrogen and oxygen atoms in total. The van der Waals surface area contributed by atoms with E-state index in [1.165, 1.54) is 10.4 Å². The largest absolute Gasteiger partial charge is 0.396 e. The van der Waals surface area contributed by atoms with Crippen molar-refractivity contribution in [2.24, 2.45) is 11.7 Å². The van der Waals surface area contributed by atoms with Crippen molar-refractivity contribution in [1.29, 1.82) is 0 Å². The predicted octanol–water partition coefficient (Wildman–Crippen LogP) is 3.43. The third kappa shape index (κ3) is 7.98. The highest BCUT2D eigenvalue weighted by atomic mass is 32.2. The molecule has 39 heavy (non-hydrogen) atoms. The third-order valence-corrected chi connectivity index (χ3v) is 8.57. The highest BCUT2D eigenvalue weighted by Crippen LogP contribution is 2.25. The molecule has 0 aliphatic heterocycles. The Hall–Kier alpha value is -3.05. The minimum atomic E-state index is -4.02. The van der Waals surface area contributed by atoms with Crippen molar-refractivity contribution in [3.05, 3.63) is 72.0 Å². The lowest BCUT2D eigenvalue weighted by atomic mass is 9.99. The Morgan fingerprint density at radius 2 is 1.79 bits per heavy atom. The Labute approximate surface area is 230 Å². The number of aliphatic hydroxyl groups excluding tert-OH is 1. The van der Waals surface area contributed by atoms with Gasteiger partial charge in [0, 0.05) is 19.1 Å². The molecular weight excluding hydrogens is 519 g/mol. The highest BCUT2D eigenvalue weighted by molar-refractivity contribution is 7.89. The van der Waals surface area contributed by atoms with Gasteiger partial charge in [0.25, 0.3) is 0 Å². The van der Waals surface area contributed by atoms with E-state index in [0.717, 1.165) is 28.5 Å². The molecule has 2 unspecified atom stereocenters. The Balaban J connectivity index is 1.55. The molecule has 0 aliphatic rings. The number of unbranched alkanes of at least 4 members (excludes halogenated alkanes) is 1. The number of hydrogen-bond acceptors (Lipinski definition) is 6. The van der Waals surface area contributed by atoms with Crippen molar-refractivity contribution in [2.45, 2.75) is 56.5 Å². The van der Waals surface area contributed by atoms with Crippen LogP contribution >= 0.6 is 0 Å². The van der Waals surface area contributed by atoms with Crippen molar-refractivity contribution < 1.29 is 22.7 Å². The zero-order chi connectivity index (χ0) is 28.6. The van der Waals surface area contributed by atoms with E-state index < -0.39 is 27.9 Å². The first-order chi connectivity index (χ1) is 18.5. The lowest BCUT2D eigenvalue weighted by molar-refractivity contribution is -0.122. The molecule has 212 valence electrons. The fourth-order valence-electron chi connectivity index (χ4n) is 4.60. The van der Waals surface area contributed by atoms with E-state index in [1.54, 1.807) is 0 Å². The number of carbonyl (C=O) groups is 1. The summed E-state index contributed by atoms with van der Waals surface area (Å²) in [6.45, 7) is 3.96. The van der Waals surface area contributed by atoms with Crippen LogP contribution in [0.3, 0.4) is 0 Å². The zero-order valence-electron chi connectivity index (χ0n) is 22.5. The predicted molar refractivity (Wildman–Crippen MR) is 153 cm³/mol. The molecule has 0 saturated heterocycles. The van der Waals surface area contributed by atoms with Crippen LogP contribution < -0.4 is 16.8 Å². The molecule has 0 radical (unpaired) electrons. The van der Waals surface area contributed by atoms with Gasteiger partial charge < -0.3 is 21.9 Å². The number of carbonyl (C=O) groups excluding carboxylic acids is 1. The number of halogens is 1. The fraction of sp³-hybridized carbons (Fsp3) is 0.414. The Morgan fingerprint density at radius 1 is 1.08 bits per heavy atom. The lowest BCUT2D eigenvalue weighted by Crippen LogP contribution is -2.44. The number of nitrogens with two attached hydrogens (primary N) is 2. The number of aliphatic hydroxyl groups is 1. The summed E-state index contributed by atoms with van der Waals surface area (Å²) in [6.07, 6.45) is 1.95. The molecule has 0 bridgehead atoms. The van der Waals surface area contributed by atoms with E-state index >= 15 is 0 Å². The molecule has 6 N–H and O–H groups in total. The maximum Gasteiger partial charge on any atom is 0.243 e. The van der Waals surface area contributed by atoms with Gasteiger partial charge in [-0.15, -0.1) is 0 Å². The second-order valence-corrected chi connectivity index (χ2v) is 12.1. The van der Waals surface area contributed by atoms with Crippen molar-refractivity contribution in [3.63, 3.8) is 0 Å². The molecule has 3 rings (SSSR count). The number of nitrogens with one attached hydrogen (secondary N) is 1. The second kappa shape index (κ2) is 13.8. The standard InChI is InChI=1S/C29H39FN4O4S/c1-20(2)18-34(39(37,38)24-13-14-26(30)27(31)17-24)23(19-35)11-5-6-15-33-29(36)28(32)16-22-10-7-9-21-8-3-4-12-25(21)22/h3-4,7-10,12-14,17,20,23,28,35H,5-6,11,15-16,18-19,31-32H2,1-2H3,(H,33,36). The Morgan fingerprint density at radius 3 is 2.49 bits per heavy atom. The molecule has 1 amide bonds. The SMILES string of the molecule is CC(C)CN(C(CO)CCCCNC(=O)C(N)Cc1cccc2ccccc12)S(=O)(=O)c1ccc(F)c(N)c1. The monoisotopic (exact) mass is 558 g/mol. The van der Waals surface area contributed by atoms with Crippen molar-refractivity contribution in [1.82, 2.24) is 9.62 Å². The van der Waals surface area contributed by atoms with Crippen LogP contribution in [0.4, 0.5) is 10.1 Å². The van der Waals surface area contributed by atoms with Gasteiger partial charge in [-0.3, -0.25) is 4.79 Å². The van der Waals surface area contributed by atoms with Gasteiger partial charge in [0.2, 0.25) is 15.9 Å². The van der Waals surface area contributed by atoms with Gasteiger partial charge in [0.05, 0.1) is 23.2 Å². The van der Waals surface area contributed by atoms with Crippen molar-refractivity contribution in [2.75, 3.05) is 25.4 Å². The molecule has 0 fully saturated rings. The average molecular weight is 559 g/mol. The van der Waals surface area contributed by atoms with Crippen molar-refractivity contribution >= 4 is 32.4 Å². The molecular formula is C29H39FN4O4S. The topological polar surface area (TPSA) is 139 Å². The van der Waals surface area contributed by atoms with Gasteiger partial charge in [-0.2, -0.15) is 4.31 Å². The van der Waals surface area contributed by atoms with E-state index in [9.17, 15) is 22.7 Å². The molecule has 0 spiro atoms. The number of nitrogens with zero attached hydrogens (tertiary/aromatic N) is 1. The van der Waals surface area contributed by atoms with Crippen molar-refractivity contribution in [3.8, 4) is 0 Å². The first-order valence-electron chi connectivity index (χ1n) is 13.2. The number of rotatable bonds is 14. The maximum atomic E-state index is 13.6. The first-order valence-corrected chi connectivity index (χ1v) is 14.7. The Bertz CT molecular complexity index is 1360.